The fourth-order valence-corrected chi connectivity index (χ4v) is 5.30. The van der Waals surface area contributed by atoms with Gasteiger partial charge < -0.3 is 31.4 Å². The Bertz CT molecular complexity index is 703. The van der Waals surface area contributed by atoms with Crippen LogP contribution in [0.3, 0.4) is 0 Å². The first-order chi connectivity index (χ1) is 15.1. The number of amidine groups is 1. The molecule has 1 fully saturated rings. The van der Waals surface area contributed by atoms with Crippen LogP contribution in [0.15, 0.2) is 27.0 Å². The van der Waals surface area contributed by atoms with Crippen LogP contribution in [-0.4, -0.2) is 56.3 Å². The molecule has 1 heterocycles. The Morgan fingerprint density at radius 1 is 1.29 bits per heavy atom. The Hall–Kier alpha value is -1.29. The lowest BCUT2D eigenvalue weighted by Crippen LogP contribution is -2.37. The van der Waals surface area contributed by atoms with Crippen molar-refractivity contribution in [2.45, 2.75) is 29.1 Å². The van der Waals surface area contributed by atoms with Crippen LogP contribution in [0.25, 0.3) is 0 Å². The van der Waals surface area contributed by atoms with Gasteiger partial charge in [0, 0.05) is 38.5 Å². The molecule has 0 amide bonds. The van der Waals surface area contributed by atoms with Crippen molar-refractivity contribution in [3.63, 3.8) is 0 Å². The van der Waals surface area contributed by atoms with Crippen LogP contribution in [-0.2, 0) is 16.1 Å². The van der Waals surface area contributed by atoms with E-state index in [0.717, 1.165) is 50.2 Å². The Kier molecular flexibility index (Phi) is 11.7. The number of anilines is 1. The first kappa shape index (κ1) is 26.0. The van der Waals surface area contributed by atoms with Crippen molar-refractivity contribution < 1.29 is 9.29 Å². The van der Waals surface area contributed by atoms with Gasteiger partial charge in [-0.25, -0.2) is 11.4 Å². The third-order valence-corrected chi connectivity index (χ3v) is 7.04. The minimum absolute atomic E-state index is 0.180. The summed E-state index contributed by atoms with van der Waals surface area (Å²) in [7, 11) is 0. The van der Waals surface area contributed by atoms with Gasteiger partial charge in [-0.2, -0.15) is 0 Å². The van der Waals surface area contributed by atoms with Crippen molar-refractivity contribution in [1.29, 1.82) is 0 Å². The fourth-order valence-electron chi connectivity index (χ4n) is 3.47. The zero-order chi connectivity index (χ0) is 22.6. The average molecular weight is 474 g/mol. The molecule has 1 saturated heterocycles. The first-order valence-corrected chi connectivity index (χ1v) is 12.3. The van der Waals surface area contributed by atoms with Crippen molar-refractivity contribution in [2.75, 3.05) is 50.8 Å². The lowest BCUT2D eigenvalue weighted by molar-refractivity contribution is 0.0960. The van der Waals surface area contributed by atoms with Crippen LogP contribution in [0.4, 0.5) is 5.69 Å². The minimum Gasteiger partial charge on any atom is -0.593 e. The van der Waals surface area contributed by atoms with Crippen LogP contribution >= 0.6 is 11.9 Å². The maximum atomic E-state index is 12.8. The number of hydrazone groups is 1. The normalized spacial score (nSPS) is 16.5. The van der Waals surface area contributed by atoms with Crippen molar-refractivity contribution in [2.24, 2.45) is 39.2 Å². The summed E-state index contributed by atoms with van der Waals surface area (Å²) in [5, 5.41) is 9.95. The molecule has 13 heteroatoms. The quantitative estimate of drug-likeness (QED) is 0.0348. The molecule has 11 nitrogen and oxygen atoms in total. The summed E-state index contributed by atoms with van der Waals surface area (Å²) in [6, 6.07) is 3.73. The standard InChI is InChI=1S/C18H35N9O2S2/c19-6-1-8-24-31(28)15-3-2-14(16(17(15)30-23)18(21)25-26-22)27-9-4-13(5-10-27)12-29-11-7-20/h2-3,13,24,26H,1,4-12,19-20,22-23H2,(H2,21,25). The Morgan fingerprint density at radius 3 is 2.65 bits per heavy atom. The molecule has 1 unspecified atom stereocenters. The maximum absolute atomic E-state index is 12.8. The number of ether oxygens (including phenoxy) is 1. The van der Waals surface area contributed by atoms with Crippen molar-refractivity contribution >= 4 is 34.8 Å². The van der Waals surface area contributed by atoms with Crippen LogP contribution in [0, 0.1) is 5.92 Å². The van der Waals surface area contributed by atoms with Gasteiger partial charge in [-0.3, -0.25) is 5.14 Å². The molecule has 0 bridgehead atoms. The third kappa shape index (κ3) is 7.37. The molecule has 1 aliphatic rings. The highest BCUT2D eigenvalue weighted by molar-refractivity contribution is 7.98. The largest absolute Gasteiger partial charge is 0.593 e. The summed E-state index contributed by atoms with van der Waals surface area (Å²) in [6.07, 6.45) is 2.68. The molecule has 1 atom stereocenters. The minimum atomic E-state index is -1.46. The van der Waals surface area contributed by atoms with Crippen LogP contribution in [0.5, 0.6) is 0 Å². The number of hydrogen-bond donors (Lipinski definition) is 7. The molecule has 1 aromatic carbocycles. The number of piperidine rings is 1. The fraction of sp³-hybridized carbons (Fsp3) is 0.611. The Balaban J connectivity index is 2.28. The maximum Gasteiger partial charge on any atom is 0.189 e. The molecule has 1 aliphatic heterocycles. The summed E-state index contributed by atoms with van der Waals surface area (Å²) in [5.74, 6) is 6.04. The molecule has 1 aromatic rings. The first-order valence-electron chi connectivity index (χ1n) is 10.3. The van der Waals surface area contributed by atoms with Crippen LogP contribution < -0.4 is 43.3 Å². The number of hydrazine groups is 1. The zero-order valence-corrected chi connectivity index (χ0v) is 19.4. The van der Waals surface area contributed by atoms with E-state index < -0.39 is 11.4 Å². The molecule has 176 valence electrons. The molecule has 0 saturated carbocycles. The lowest BCUT2D eigenvalue weighted by atomic mass is 9.96. The molecular weight excluding hydrogens is 438 g/mol. The van der Waals surface area contributed by atoms with Gasteiger partial charge in [-0.1, -0.05) is 0 Å². The van der Waals surface area contributed by atoms with Gasteiger partial charge in [0.1, 0.15) is 0 Å². The van der Waals surface area contributed by atoms with E-state index in [-0.39, 0.29) is 5.84 Å². The highest BCUT2D eigenvalue weighted by atomic mass is 32.2. The molecule has 0 aromatic heterocycles. The number of benzene rings is 1. The van der Waals surface area contributed by atoms with Gasteiger partial charge in [0.15, 0.2) is 10.7 Å². The summed E-state index contributed by atoms with van der Waals surface area (Å²) in [4.78, 5) is 3.38. The predicted molar refractivity (Wildman–Crippen MR) is 127 cm³/mol. The van der Waals surface area contributed by atoms with Crippen molar-refractivity contribution in [3.05, 3.63) is 17.7 Å². The Morgan fingerprint density at radius 2 is 2.03 bits per heavy atom. The van der Waals surface area contributed by atoms with E-state index in [1.165, 1.54) is 0 Å². The van der Waals surface area contributed by atoms with Gasteiger partial charge in [0.05, 0.1) is 28.4 Å². The van der Waals surface area contributed by atoms with E-state index in [1.54, 1.807) is 0 Å². The predicted octanol–water partition coefficient (Wildman–Crippen LogP) is -1.11. The number of rotatable bonds is 13. The van der Waals surface area contributed by atoms with Gasteiger partial charge in [-0.05, 0) is 55.8 Å². The highest BCUT2D eigenvalue weighted by Crippen LogP contribution is 2.36. The molecule has 31 heavy (non-hydrogen) atoms. The number of hydrogen-bond acceptors (Lipinski definition) is 11. The van der Waals surface area contributed by atoms with Crippen LogP contribution in [0.2, 0.25) is 0 Å². The molecule has 0 radical (unpaired) electrons. The smallest absolute Gasteiger partial charge is 0.189 e. The number of nitrogens with zero attached hydrogens (tertiary/aromatic N) is 2. The second kappa shape index (κ2) is 14.0. The number of nitrogens with two attached hydrogens (primary N) is 5. The van der Waals surface area contributed by atoms with Gasteiger partial charge >= 0.3 is 0 Å². The summed E-state index contributed by atoms with van der Waals surface area (Å²) < 4.78 is 21.4. The monoisotopic (exact) mass is 473 g/mol. The topological polar surface area (TPSA) is 202 Å². The van der Waals surface area contributed by atoms with E-state index in [2.05, 4.69) is 20.3 Å². The van der Waals surface area contributed by atoms with E-state index in [4.69, 9.17) is 32.9 Å². The second-order valence-electron chi connectivity index (χ2n) is 7.13. The number of nitrogens with one attached hydrogen (secondary N) is 2. The van der Waals surface area contributed by atoms with Gasteiger partial charge in [0.25, 0.3) is 0 Å². The summed E-state index contributed by atoms with van der Waals surface area (Å²) >= 11 is -0.474. The van der Waals surface area contributed by atoms with Crippen LogP contribution in [0.1, 0.15) is 24.8 Å². The van der Waals surface area contributed by atoms with E-state index in [1.807, 2.05) is 12.1 Å². The average Bonchev–Trinajstić information content (AvgIpc) is 2.79. The van der Waals surface area contributed by atoms with Crippen molar-refractivity contribution in [1.82, 2.24) is 10.3 Å². The molecular formula is C18H35N9O2S2. The van der Waals surface area contributed by atoms with Gasteiger partial charge in [-0.15, -0.1) is 9.82 Å². The molecule has 12 N–H and O–H groups in total. The molecule has 0 spiro atoms. The molecule has 2 rings (SSSR count). The van der Waals surface area contributed by atoms with Gasteiger partial charge in [0.2, 0.25) is 0 Å². The lowest BCUT2D eigenvalue weighted by Gasteiger charge is -2.35. The highest BCUT2D eigenvalue weighted by Gasteiger charge is 2.28. The van der Waals surface area contributed by atoms with E-state index in [9.17, 15) is 4.55 Å². The van der Waals surface area contributed by atoms with E-state index >= 15 is 0 Å². The van der Waals surface area contributed by atoms with Crippen molar-refractivity contribution in [3.8, 4) is 0 Å². The SMILES string of the molecule is NCCCN[S+]([O-])c1ccc(N2CCC(COCCN)CC2)c(/C(N)=N/NN)c1SN. The summed E-state index contributed by atoms with van der Waals surface area (Å²) in [5.41, 5.74) is 21.0. The third-order valence-electron chi connectivity index (χ3n) is 5.04. The summed E-state index contributed by atoms with van der Waals surface area (Å²) in [6.45, 7) is 4.54. The van der Waals surface area contributed by atoms with E-state index in [0.29, 0.717) is 53.9 Å². The zero-order valence-electron chi connectivity index (χ0n) is 17.7. The second-order valence-corrected chi connectivity index (χ2v) is 9.04. The molecule has 0 aliphatic carbocycles. The Labute approximate surface area is 191 Å².